The first-order valence-corrected chi connectivity index (χ1v) is 6.38. The highest BCUT2D eigenvalue weighted by atomic mass is 79.9. The molecule has 5 heteroatoms. The number of aliphatic hydroxyl groups is 1. The van der Waals surface area contributed by atoms with Gasteiger partial charge in [0.05, 0.1) is 12.3 Å². The third-order valence-corrected chi connectivity index (χ3v) is 3.40. The molecular formula is C13H14BrN3O. The minimum Gasteiger partial charge on any atom is -0.390 e. The smallest absolute Gasteiger partial charge is 0.151 e. The number of aliphatic hydroxyl groups excluding tert-OH is 1. The second-order valence-electron chi connectivity index (χ2n) is 3.99. The van der Waals surface area contributed by atoms with Gasteiger partial charge in [-0.15, -0.1) is 5.10 Å². The van der Waals surface area contributed by atoms with Gasteiger partial charge in [0.25, 0.3) is 0 Å². The fraction of sp³-hybridized carbons (Fsp3) is 0.231. The molecule has 0 saturated carbocycles. The van der Waals surface area contributed by atoms with Gasteiger partial charge in [-0.05, 0) is 23.8 Å². The first-order chi connectivity index (χ1) is 8.70. The molecule has 1 aromatic carbocycles. The Kier molecular flexibility index (Phi) is 4.28. The van der Waals surface area contributed by atoms with Crippen LogP contribution in [0.3, 0.4) is 0 Å². The summed E-state index contributed by atoms with van der Waals surface area (Å²) >= 11 is 3.52. The molecule has 1 aromatic heterocycles. The number of halogens is 1. The minimum absolute atomic E-state index is 0.0821. The molecule has 0 aliphatic carbocycles. The maximum atomic E-state index is 8.92. The number of benzene rings is 1. The van der Waals surface area contributed by atoms with Crippen molar-refractivity contribution in [2.24, 2.45) is 0 Å². The molecule has 0 aliphatic rings. The summed E-state index contributed by atoms with van der Waals surface area (Å²) in [5, 5.41) is 16.9. The van der Waals surface area contributed by atoms with Gasteiger partial charge in [-0.3, -0.25) is 0 Å². The molecule has 2 rings (SSSR count). The zero-order valence-corrected chi connectivity index (χ0v) is 11.6. The van der Waals surface area contributed by atoms with Crippen LogP contribution in [-0.4, -0.2) is 22.4 Å². The highest BCUT2D eigenvalue weighted by molar-refractivity contribution is 9.10. The van der Waals surface area contributed by atoms with E-state index in [-0.39, 0.29) is 6.61 Å². The Hall–Kier alpha value is -1.46. The van der Waals surface area contributed by atoms with Gasteiger partial charge in [0.2, 0.25) is 0 Å². The van der Waals surface area contributed by atoms with E-state index in [4.69, 9.17) is 5.11 Å². The number of nitrogens with zero attached hydrogens (tertiary/aromatic N) is 3. The highest BCUT2D eigenvalue weighted by Crippen LogP contribution is 2.19. The Balaban J connectivity index is 2.11. The Labute approximate surface area is 114 Å². The monoisotopic (exact) mass is 307 g/mol. The molecule has 18 heavy (non-hydrogen) atoms. The molecular weight excluding hydrogens is 294 g/mol. The molecule has 0 saturated heterocycles. The second kappa shape index (κ2) is 5.93. The van der Waals surface area contributed by atoms with Crippen molar-refractivity contribution in [3.05, 3.63) is 52.1 Å². The third-order valence-electron chi connectivity index (χ3n) is 2.62. The Morgan fingerprint density at radius 1 is 1.17 bits per heavy atom. The van der Waals surface area contributed by atoms with Gasteiger partial charge in [0.1, 0.15) is 0 Å². The van der Waals surface area contributed by atoms with Crippen LogP contribution in [0, 0.1) is 0 Å². The molecule has 0 aliphatic heterocycles. The van der Waals surface area contributed by atoms with Crippen molar-refractivity contribution in [2.75, 3.05) is 11.9 Å². The minimum atomic E-state index is -0.0821. The number of aromatic nitrogens is 2. The van der Waals surface area contributed by atoms with Crippen LogP contribution in [0.25, 0.3) is 0 Å². The van der Waals surface area contributed by atoms with Crippen molar-refractivity contribution < 1.29 is 5.11 Å². The second-order valence-corrected chi connectivity index (χ2v) is 4.84. The van der Waals surface area contributed by atoms with Crippen LogP contribution in [0.15, 0.2) is 40.9 Å². The molecule has 1 N–H and O–H groups in total. The number of rotatable bonds is 4. The van der Waals surface area contributed by atoms with E-state index in [0.29, 0.717) is 5.69 Å². The number of anilines is 1. The van der Waals surface area contributed by atoms with Gasteiger partial charge in [-0.1, -0.05) is 34.1 Å². The normalized spacial score (nSPS) is 10.4. The SMILES string of the molecule is CN(Cc1ccccc1Br)c1ccc(CO)nn1. The van der Waals surface area contributed by atoms with Crippen LogP contribution in [0.4, 0.5) is 5.82 Å². The standard InChI is InChI=1S/C13H14BrN3O/c1-17(8-10-4-2-3-5-12(10)14)13-7-6-11(9-18)15-16-13/h2-7,18H,8-9H2,1H3. The lowest BCUT2D eigenvalue weighted by atomic mass is 10.2. The van der Waals surface area contributed by atoms with Crippen LogP contribution in [0.2, 0.25) is 0 Å². The van der Waals surface area contributed by atoms with Gasteiger partial charge in [-0.25, -0.2) is 0 Å². The van der Waals surface area contributed by atoms with E-state index >= 15 is 0 Å². The van der Waals surface area contributed by atoms with Gasteiger partial charge < -0.3 is 10.0 Å². The van der Waals surface area contributed by atoms with Crippen LogP contribution in [0.5, 0.6) is 0 Å². The number of hydrogen-bond donors (Lipinski definition) is 1. The van der Waals surface area contributed by atoms with E-state index in [1.807, 2.05) is 36.2 Å². The van der Waals surface area contributed by atoms with Crippen molar-refractivity contribution in [1.82, 2.24) is 10.2 Å². The quantitative estimate of drug-likeness (QED) is 0.942. The zero-order valence-electron chi connectivity index (χ0n) is 10.0. The van der Waals surface area contributed by atoms with E-state index in [1.165, 1.54) is 5.56 Å². The largest absolute Gasteiger partial charge is 0.390 e. The van der Waals surface area contributed by atoms with Gasteiger partial charge >= 0.3 is 0 Å². The van der Waals surface area contributed by atoms with Crippen molar-refractivity contribution in [3.63, 3.8) is 0 Å². The molecule has 4 nitrogen and oxygen atoms in total. The lowest BCUT2D eigenvalue weighted by molar-refractivity contribution is 0.275. The van der Waals surface area contributed by atoms with E-state index in [1.54, 1.807) is 6.07 Å². The summed E-state index contributed by atoms with van der Waals surface area (Å²) in [6.07, 6.45) is 0. The fourth-order valence-corrected chi connectivity index (χ4v) is 2.01. The molecule has 0 amide bonds. The first-order valence-electron chi connectivity index (χ1n) is 5.58. The third kappa shape index (κ3) is 3.05. The maximum Gasteiger partial charge on any atom is 0.151 e. The van der Waals surface area contributed by atoms with E-state index in [9.17, 15) is 0 Å². The number of hydrogen-bond acceptors (Lipinski definition) is 4. The summed E-state index contributed by atoms with van der Waals surface area (Å²) in [5.41, 5.74) is 1.76. The predicted octanol–water partition coefficient (Wildman–Crippen LogP) is 2.37. The topological polar surface area (TPSA) is 49.2 Å². The molecule has 0 fully saturated rings. The van der Waals surface area contributed by atoms with Crippen LogP contribution < -0.4 is 4.90 Å². The molecule has 0 radical (unpaired) electrons. The molecule has 0 bridgehead atoms. The first kappa shape index (κ1) is 13.0. The Bertz CT molecular complexity index is 516. The summed E-state index contributed by atoms with van der Waals surface area (Å²) in [4.78, 5) is 2.01. The molecule has 0 atom stereocenters. The molecule has 0 spiro atoms. The molecule has 1 heterocycles. The summed E-state index contributed by atoms with van der Waals surface area (Å²) < 4.78 is 1.08. The van der Waals surface area contributed by atoms with Crippen LogP contribution in [0.1, 0.15) is 11.3 Å². The summed E-state index contributed by atoms with van der Waals surface area (Å²) in [5.74, 6) is 0.781. The zero-order chi connectivity index (χ0) is 13.0. The lowest BCUT2D eigenvalue weighted by Gasteiger charge is -2.18. The van der Waals surface area contributed by atoms with Crippen LogP contribution >= 0.6 is 15.9 Å². The van der Waals surface area contributed by atoms with E-state index in [2.05, 4.69) is 32.2 Å². The van der Waals surface area contributed by atoms with Crippen molar-refractivity contribution in [3.8, 4) is 0 Å². The summed E-state index contributed by atoms with van der Waals surface area (Å²) in [7, 11) is 1.96. The molecule has 94 valence electrons. The Morgan fingerprint density at radius 2 is 1.94 bits per heavy atom. The molecule has 2 aromatic rings. The fourth-order valence-electron chi connectivity index (χ4n) is 1.60. The van der Waals surface area contributed by atoms with Gasteiger partial charge in [0.15, 0.2) is 5.82 Å². The average molecular weight is 308 g/mol. The van der Waals surface area contributed by atoms with Crippen LogP contribution in [-0.2, 0) is 13.2 Å². The summed E-state index contributed by atoms with van der Waals surface area (Å²) in [6.45, 7) is 0.663. The summed E-state index contributed by atoms with van der Waals surface area (Å²) in [6, 6.07) is 11.7. The van der Waals surface area contributed by atoms with E-state index < -0.39 is 0 Å². The average Bonchev–Trinajstić information content (AvgIpc) is 2.41. The van der Waals surface area contributed by atoms with Crippen molar-refractivity contribution in [1.29, 1.82) is 0 Å². The highest BCUT2D eigenvalue weighted by Gasteiger charge is 2.06. The van der Waals surface area contributed by atoms with Crippen molar-refractivity contribution >= 4 is 21.7 Å². The Morgan fingerprint density at radius 3 is 2.56 bits per heavy atom. The lowest BCUT2D eigenvalue weighted by Crippen LogP contribution is -2.18. The molecule has 0 unspecified atom stereocenters. The van der Waals surface area contributed by atoms with Gasteiger partial charge in [-0.2, -0.15) is 5.10 Å². The van der Waals surface area contributed by atoms with Crippen molar-refractivity contribution in [2.45, 2.75) is 13.2 Å². The maximum absolute atomic E-state index is 8.92. The van der Waals surface area contributed by atoms with E-state index in [0.717, 1.165) is 16.8 Å². The van der Waals surface area contributed by atoms with Gasteiger partial charge in [0, 0.05) is 18.1 Å². The predicted molar refractivity (Wildman–Crippen MR) is 74.2 cm³/mol.